The Morgan fingerprint density at radius 1 is 1.50 bits per heavy atom. The lowest BCUT2D eigenvalue weighted by molar-refractivity contribution is -0.136. The summed E-state index contributed by atoms with van der Waals surface area (Å²) in [5, 5.41) is 8.96. The van der Waals surface area contributed by atoms with Crippen molar-refractivity contribution < 1.29 is 18.7 Å². The molecule has 1 aromatic rings. The number of rotatable bonds is 4. The molecule has 0 aromatic carbocycles. The topological polar surface area (TPSA) is 50.2 Å². The lowest BCUT2D eigenvalue weighted by atomic mass is 10.0. The number of carbonyl (C=O) groups is 1. The Morgan fingerprint density at radius 3 is 2.56 bits per heavy atom. The Labute approximate surface area is 107 Å². The average molecular weight is 359 g/mol. The molecule has 0 saturated carbocycles. The van der Waals surface area contributed by atoms with Crippen molar-refractivity contribution in [3.8, 4) is 0 Å². The van der Waals surface area contributed by atoms with E-state index in [1.807, 2.05) is 0 Å². The number of halogens is 4. The van der Waals surface area contributed by atoms with Crippen molar-refractivity contribution in [2.75, 3.05) is 0 Å². The summed E-state index contributed by atoms with van der Waals surface area (Å²) in [6.07, 6.45) is -2.17. The molecule has 16 heavy (non-hydrogen) atoms. The van der Waals surface area contributed by atoms with E-state index in [4.69, 9.17) is 5.11 Å². The molecule has 0 atom stereocenters. The first-order chi connectivity index (χ1) is 7.47. The summed E-state index contributed by atoms with van der Waals surface area (Å²) in [4.78, 5) is 14.4. The van der Waals surface area contributed by atoms with E-state index in [0.717, 1.165) is 6.20 Å². The van der Waals surface area contributed by atoms with Gasteiger partial charge in [0.05, 0.1) is 6.42 Å². The lowest BCUT2D eigenvalue weighted by Crippen LogP contribution is -2.08. The largest absolute Gasteiger partial charge is 0.481 e. The zero-order chi connectivity index (χ0) is 12.3. The molecule has 1 rings (SSSR count). The molecule has 3 nitrogen and oxygen atoms in total. The Bertz CT molecular complexity index is 413. The van der Waals surface area contributed by atoms with Crippen LogP contribution in [0.5, 0.6) is 0 Å². The highest BCUT2D eigenvalue weighted by Gasteiger charge is 2.20. The number of pyridine rings is 1. The van der Waals surface area contributed by atoms with Crippen LogP contribution in [0.3, 0.4) is 0 Å². The van der Waals surface area contributed by atoms with E-state index in [-0.39, 0.29) is 16.5 Å². The zero-order valence-corrected chi connectivity index (χ0v) is 11.1. The van der Waals surface area contributed by atoms with Gasteiger partial charge in [-0.1, -0.05) is 15.9 Å². The monoisotopic (exact) mass is 357 g/mol. The summed E-state index contributed by atoms with van der Waals surface area (Å²) < 4.78 is 25.7. The van der Waals surface area contributed by atoms with Crippen LogP contribution in [0.4, 0.5) is 8.78 Å². The minimum atomic E-state index is -2.73. The molecule has 0 aliphatic heterocycles. The SMILES string of the molecule is O=C(O)Cc1c(C(F)F)cnc(Br)c1CBr. The van der Waals surface area contributed by atoms with E-state index in [0.29, 0.717) is 10.2 Å². The third-order valence-electron chi connectivity index (χ3n) is 1.98. The summed E-state index contributed by atoms with van der Waals surface area (Å²) in [6.45, 7) is 0. The molecule has 0 saturated heterocycles. The summed E-state index contributed by atoms with van der Waals surface area (Å²) in [7, 11) is 0. The van der Waals surface area contributed by atoms with Crippen molar-refractivity contribution in [3.05, 3.63) is 27.5 Å². The molecule has 1 N–H and O–H groups in total. The molecule has 1 heterocycles. The molecule has 1 aromatic heterocycles. The molecule has 88 valence electrons. The number of carboxylic acids is 1. The van der Waals surface area contributed by atoms with E-state index < -0.39 is 18.8 Å². The maximum absolute atomic E-state index is 12.7. The van der Waals surface area contributed by atoms with Gasteiger partial charge in [-0.2, -0.15) is 0 Å². The van der Waals surface area contributed by atoms with E-state index in [2.05, 4.69) is 36.8 Å². The number of carboxylic acid groups (broad SMARTS) is 1. The van der Waals surface area contributed by atoms with Crippen LogP contribution in [0.25, 0.3) is 0 Å². The molecule has 0 radical (unpaired) electrons. The van der Waals surface area contributed by atoms with Gasteiger partial charge < -0.3 is 5.11 Å². The van der Waals surface area contributed by atoms with Crippen LogP contribution in [0.1, 0.15) is 23.1 Å². The maximum atomic E-state index is 12.7. The van der Waals surface area contributed by atoms with Crippen LogP contribution in [0.15, 0.2) is 10.8 Å². The molecule has 0 amide bonds. The van der Waals surface area contributed by atoms with Crippen LogP contribution < -0.4 is 0 Å². The van der Waals surface area contributed by atoms with Crippen molar-refractivity contribution in [2.45, 2.75) is 18.2 Å². The quantitative estimate of drug-likeness (QED) is 0.663. The Hall–Kier alpha value is -0.560. The molecule has 0 bridgehead atoms. The molecule has 7 heteroatoms. The van der Waals surface area contributed by atoms with E-state index in [1.54, 1.807) is 0 Å². The predicted molar refractivity (Wildman–Crippen MR) is 60.9 cm³/mol. The zero-order valence-electron chi connectivity index (χ0n) is 7.88. The number of nitrogens with zero attached hydrogens (tertiary/aromatic N) is 1. The van der Waals surface area contributed by atoms with Gasteiger partial charge >= 0.3 is 5.97 Å². The molecule has 0 aliphatic carbocycles. The van der Waals surface area contributed by atoms with Gasteiger partial charge in [-0.25, -0.2) is 13.8 Å². The number of aliphatic carboxylic acids is 1. The summed E-state index contributed by atoms with van der Waals surface area (Å²) in [5.74, 6) is -1.15. The third-order valence-corrected chi connectivity index (χ3v) is 3.22. The van der Waals surface area contributed by atoms with Crippen molar-refractivity contribution in [1.82, 2.24) is 4.98 Å². The van der Waals surface area contributed by atoms with Crippen LogP contribution in [-0.4, -0.2) is 16.1 Å². The fourth-order valence-electron chi connectivity index (χ4n) is 1.26. The first-order valence-electron chi connectivity index (χ1n) is 4.19. The molecular formula is C9H7Br2F2NO2. The molecule has 0 fully saturated rings. The first-order valence-corrected chi connectivity index (χ1v) is 6.10. The van der Waals surface area contributed by atoms with Gasteiger partial charge in [0, 0.05) is 17.1 Å². The van der Waals surface area contributed by atoms with Gasteiger partial charge in [0.15, 0.2) is 0 Å². The standard InChI is InChI=1S/C9H7Br2F2NO2/c10-2-5-4(1-7(15)16)6(9(12)13)3-14-8(5)11/h3,9H,1-2H2,(H,15,16). The lowest BCUT2D eigenvalue weighted by Gasteiger charge is -2.12. The number of aromatic nitrogens is 1. The molecular weight excluding hydrogens is 352 g/mol. The van der Waals surface area contributed by atoms with Gasteiger partial charge in [0.2, 0.25) is 0 Å². The minimum absolute atomic E-state index is 0.112. The maximum Gasteiger partial charge on any atom is 0.307 e. The normalized spacial score (nSPS) is 10.8. The van der Waals surface area contributed by atoms with E-state index >= 15 is 0 Å². The van der Waals surface area contributed by atoms with Crippen molar-refractivity contribution in [3.63, 3.8) is 0 Å². The predicted octanol–water partition coefficient (Wildman–Crippen LogP) is 3.30. The second-order valence-electron chi connectivity index (χ2n) is 2.97. The van der Waals surface area contributed by atoms with E-state index in [1.165, 1.54) is 0 Å². The first kappa shape index (κ1) is 13.5. The average Bonchev–Trinajstić information content (AvgIpc) is 2.16. The second-order valence-corrected chi connectivity index (χ2v) is 4.28. The van der Waals surface area contributed by atoms with Crippen LogP contribution in [0.2, 0.25) is 0 Å². The highest BCUT2D eigenvalue weighted by molar-refractivity contribution is 9.10. The van der Waals surface area contributed by atoms with Crippen molar-refractivity contribution >= 4 is 37.8 Å². The van der Waals surface area contributed by atoms with Crippen molar-refractivity contribution in [2.24, 2.45) is 0 Å². The Morgan fingerprint density at radius 2 is 2.12 bits per heavy atom. The number of alkyl halides is 3. The third kappa shape index (κ3) is 2.98. The highest BCUT2D eigenvalue weighted by Crippen LogP contribution is 2.30. The summed E-state index contributed by atoms with van der Waals surface area (Å²) >= 11 is 6.23. The van der Waals surface area contributed by atoms with Crippen LogP contribution in [-0.2, 0) is 16.5 Å². The smallest absolute Gasteiger partial charge is 0.307 e. The van der Waals surface area contributed by atoms with Gasteiger partial charge in [-0.05, 0) is 27.1 Å². The summed E-state index contributed by atoms with van der Waals surface area (Å²) in [6, 6.07) is 0. The fraction of sp³-hybridized carbons (Fsp3) is 0.333. The minimum Gasteiger partial charge on any atom is -0.481 e. The summed E-state index contributed by atoms with van der Waals surface area (Å²) in [5.41, 5.74) is 0.224. The fourth-order valence-corrected chi connectivity index (χ4v) is 2.73. The van der Waals surface area contributed by atoms with Gasteiger partial charge in [0.25, 0.3) is 6.43 Å². The highest BCUT2D eigenvalue weighted by atomic mass is 79.9. The molecule has 0 spiro atoms. The van der Waals surface area contributed by atoms with Crippen LogP contribution in [0, 0.1) is 0 Å². The second kappa shape index (κ2) is 5.67. The molecule has 0 aliphatic rings. The van der Waals surface area contributed by atoms with Crippen molar-refractivity contribution in [1.29, 1.82) is 0 Å². The molecule has 0 unspecified atom stereocenters. The van der Waals surface area contributed by atoms with E-state index in [9.17, 15) is 13.6 Å². The number of hydrogen-bond donors (Lipinski definition) is 1. The van der Waals surface area contributed by atoms with Crippen LogP contribution >= 0.6 is 31.9 Å². The van der Waals surface area contributed by atoms with Gasteiger partial charge in [-0.3, -0.25) is 4.79 Å². The van der Waals surface area contributed by atoms with Gasteiger partial charge in [-0.15, -0.1) is 0 Å². The Balaban J connectivity index is 3.34. The Kier molecular flexibility index (Phi) is 4.79. The van der Waals surface area contributed by atoms with Gasteiger partial charge in [0.1, 0.15) is 4.60 Å². The number of hydrogen-bond acceptors (Lipinski definition) is 2.